The fourth-order valence-electron chi connectivity index (χ4n) is 2.65. The molecule has 3 N–H and O–H groups in total. The summed E-state index contributed by atoms with van der Waals surface area (Å²) in [6, 6.07) is 12.3. The summed E-state index contributed by atoms with van der Waals surface area (Å²) in [6.07, 6.45) is 0. The number of Topliss-reactive ketones (excluding diaryl/α,β-unsaturated/α-hetero) is 1. The predicted molar refractivity (Wildman–Crippen MR) is 93.6 cm³/mol. The van der Waals surface area contributed by atoms with E-state index >= 15 is 0 Å². The maximum absolute atomic E-state index is 12.3. The van der Waals surface area contributed by atoms with Crippen LogP contribution in [0.15, 0.2) is 42.5 Å². The number of ether oxygens (including phenoxy) is 1. The summed E-state index contributed by atoms with van der Waals surface area (Å²) in [5.74, 6) is 0.499. The Hall–Kier alpha value is -3.02. The van der Waals surface area contributed by atoms with E-state index in [1.54, 1.807) is 36.4 Å². The van der Waals surface area contributed by atoms with Crippen molar-refractivity contribution in [3.8, 4) is 5.75 Å². The maximum atomic E-state index is 12.3. The monoisotopic (exact) mass is 325 g/mol. The molecule has 6 nitrogen and oxygen atoms in total. The molecule has 0 atom stereocenters. The van der Waals surface area contributed by atoms with Gasteiger partial charge in [0, 0.05) is 23.0 Å². The predicted octanol–water partition coefficient (Wildman–Crippen LogP) is 2.31. The molecule has 3 rings (SSSR count). The number of carbonyl (C=O) groups excluding carboxylic acids is 2. The third-order valence-corrected chi connectivity index (χ3v) is 3.83. The molecule has 124 valence electrons. The molecule has 0 unspecified atom stereocenters. The average Bonchev–Trinajstić information content (AvgIpc) is 2.55. The summed E-state index contributed by atoms with van der Waals surface area (Å²) in [6.45, 7) is 2.82. The molecule has 1 amide bonds. The molecule has 0 fully saturated rings. The van der Waals surface area contributed by atoms with Crippen molar-refractivity contribution < 1.29 is 14.3 Å². The van der Waals surface area contributed by atoms with Gasteiger partial charge in [0.2, 0.25) is 5.91 Å². The summed E-state index contributed by atoms with van der Waals surface area (Å²) < 4.78 is 5.59. The molecule has 1 heterocycles. The van der Waals surface area contributed by atoms with Crippen LogP contribution in [-0.4, -0.2) is 31.4 Å². The van der Waals surface area contributed by atoms with E-state index in [0.29, 0.717) is 35.8 Å². The fraction of sp³-hybridized carbons (Fsp3) is 0.222. The van der Waals surface area contributed by atoms with E-state index in [9.17, 15) is 9.59 Å². The number of hydrogen-bond acceptors (Lipinski definition) is 5. The lowest BCUT2D eigenvalue weighted by molar-refractivity contribution is -0.115. The number of hydrogen-bond donors (Lipinski definition) is 2. The van der Waals surface area contributed by atoms with Gasteiger partial charge < -0.3 is 20.7 Å². The van der Waals surface area contributed by atoms with E-state index < -0.39 is 0 Å². The van der Waals surface area contributed by atoms with E-state index in [1.165, 1.54) is 6.92 Å². The van der Waals surface area contributed by atoms with E-state index in [-0.39, 0.29) is 18.2 Å². The Labute approximate surface area is 140 Å². The van der Waals surface area contributed by atoms with Crippen LogP contribution in [0.3, 0.4) is 0 Å². The van der Waals surface area contributed by atoms with Crippen LogP contribution in [0.25, 0.3) is 0 Å². The average molecular weight is 325 g/mol. The van der Waals surface area contributed by atoms with Crippen molar-refractivity contribution in [2.45, 2.75) is 6.92 Å². The van der Waals surface area contributed by atoms with Gasteiger partial charge in [0.05, 0.1) is 18.8 Å². The third-order valence-electron chi connectivity index (χ3n) is 3.83. The standard InChI is InChI=1S/C18H19N3O3/c1-12(22)13-3-2-4-15(9-13)20-18(23)11-21-7-8-24-17-10-14(19)5-6-16(17)21/h2-6,9-10H,7-8,11,19H2,1H3,(H,20,23). The largest absolute Gasteiger partial charge is 0.489 e. The molecule has 0 saturated heterocycles. The molecule has 0 aliphatic carbocycles. The van der Waals surface area contributed by atoms with Crippen molar-refractivity contribution in [2.75, 3.05) is 35.6 Å². The maximum Gasteiger partial charge on any atom is 0.243 e. The van der Waals surface area contributed by atoms with Crippen molar-refractivity contribution in [1.82, 2.24) is 0 Å². The van der Waals surface area contributed by atoms with Crippen molar-refractivity contribution in [3.63, 3.8) is 0 Å². The van der Waals surface area contributed by atoms with Crippen molar-refractivity contribution in [3.05, 3.63) is 48.0 Å². The van der Waals surface area contributed by atoms with Crippen LogP contribution in [0.5, 0.6) is 5.75 Å². The second kappa shape index (κ2) is 6.62. The lowest BCUT2D eigenvalue weighted by Gasteiger charge is -2.30. The minimum Gasteiger partial charge on any atom is -0.489 e. The van der Waals surface area contributed by atoms with Crippen LogP contribution in [0.1, 0.15) is 17.3 Å². The second-order valence-corrected chi connectivity index (χ2v) is 5.68. The molecule has 0 radical (unpaired) electrons. The number of fused-ring (bicyclic) bond motifs is 1. The van der Waals surface area contributed by atoms with E-state index in [0.717, 1.165) is 5.69 Å². The zero-order valence-electron chi connectivity index (χ0n) is 13.4. The highest BCUT2D eigenvalue weighted by molar-refractivity contribution is 5.98. The Bertz CT molecular complexity index is 789. The molecule has 0 bridgehead atoms. The second-order valence-electron chi connectivity index (χ2n) is 5.68. The topological polar surface area (TPSA) is 84.7 Å². The molecular weight excluding hydrogens is 306 g/mol. The van der Waals surface area contributed by atoms with E-state index in [4.69, 9.17) is 10.5 Å². The van der Waals surface area contributed by atoms with Crippen LogP contribution in [0.2, 0.25) is 0 Å². The number of amides is 1. The van der Waals surface area contributed by atoms with Gasteiger partial charge in [0.25, 0.3) is 0 Å². The van der Waals surface area contributed by atoms with Gasteiger partial charge in [-0.3, -0.25) is 9.59 Å². The van der Waals surface area contributed by atoms with Gasteiger partial charge in [-0.05, 0) is 31.2 Å². The van der Waals surface area contributed by atoms with Crippen molar-refractivity contribution in [1.29, 1.82) is 0 Å². The molecule has 0 aromatic heterocycles. The highest BCUT2D eigenvalue weighted by Gasteiger charge is 2.20. The smallest absolute Gasteiger partial charge is 0.243 e. The minimum atomic E-state index is -0.152. The van der Waals surface area contributed by atoms with Crippen LogP contribution in [-0.2, 0) is 4.79 Å². The Kier molecular flexibility index (Phi) is 4.37. The van der Waals surface area contributed by atoms with Crippen LogP contribution < -0.4 is 20.7 Å². The number of nitrogens with one attached hydrogen (secondary N) is 1. The molecule has 0 spiro atoms. The highest BCUT2D eigenvalue weighted by Crippen LogP contribution is 2.33. The molecule has 6 heteroatoms. The Morgan fingerprint density at radius 1 is 1.25 bits per heavy atom. The van der Waals surface area contributed by atoms with E-state index in [1.807, 2.05) is 11.0 Å². The van der Waals surface area contributed by atoms with Gasteiger partial charge in [-0.2, -0.15) is 0 Å². The lowest BCUT2D eigenvalue weighted by Crippen LogP contribution is -2.38. The number of nitrogens with zero attached hydrogens (tertiary/aromatic N) is 1. The Balaban J connectivity index is 1.70. The first-order valence-electron chi connectivity index (χ1n) is 7.71. The first-order chi connectivity index (χ1) is 11.5. The fourth-order valence-corrected chi connectivity index (χ4v) is 2.65. The van der Waals surface area contributed by atoms with Gasteiger partial charge in [0.1, 0.15) is 12.4 Å². The normalized spacial score (nSPS) is 13.0. The third kappa shape index (κ3) is 3.48. The summed E-state index contributed by atoms with van der Waals surface area (Å²) >= 11 is 0. The molecule has 2 aromatic rings. The summed E-state index contributed by atoms with van der Waals surface area (Å²) in [7, 11) is 0. The number of benzene rings is 2. The van der Waals surface area contributed by atoms with Crippen molar-refractivity contribution in [2.24, 2.45) is 0 Å². The Morgan fingerprint density at radius 3 is 2.88 bits per heavy atom. The number of anilines is 3. The molecule has 24 heavy (non-hydrogen) atoms. The SMILES string of the molecule is CC(=O)c1cccc(NC(=O)CN2CCOc3cc(N)ccc32)c1. The van der Waals surface area contributed by atoms with Crippen LogP contribution in [0, 0.1) is 0 Å². The quantitative estimate of drug-likeness (QED) is 0.665. The zero-order valence-corrected chi connectivity index (χ0v) is 13.4. The summed E-state index contributed by atoms with van der Waals surface area (Å²) in [5, 5.41) is 2.83. The number of nitrogens with two attached hydrogens (primary N) is 1. The van der Waals surface area contributed by atoms with Gasteiger partial charge >= 0.3 is 0 Å². The lowest BCUT2D eigenvalue weighted by atomic mass is 10.1. The summed E-state index contributed by atoms with van der Waals surface area (Å²) in [4.78, 5) is 25.7. The van der Waals surface area contributed by atoms with E-state index in [2.05, 4.69) is 5.32 Å². The van der Waals surface area contributed by atoms with Gasteiger partial charge in [0.15, 0.2) is 5.78 Å². The van der Waals surface area contributed by atoms with Gasteiger partial charge in [-0.25, -0.2) is 0 Å². The van der Waals surface area contributed by atoms with Crippen molar-refractivity contribution >= 4 is 28.8 Å². The number of rotatable bonds is 4. The summed E-state index contributed by atoms with van der Waals surface area (Å²) in [5.41, 5.74) is 8.42. The molecule has 1 aliphatic rings. The molecule has 1 aliphatic heterocycles. The first kappa shape index (κ1) is 15.9. The number of carbonyl (C=O) groups is 2. The highest BCUT2D eigenvalue weighted by atomic mass is 16.5. The van der Waals surface area contributed by atoms with Gasteiger partial charge in [-0.15, -0.1) is 0 Å². The minimum absolute atomic E-state index is 0.0363. The van der Waals surface area contributed by atoms with Crippen LogP contribution >= 0.6 is 0 Å². The molecular formula is C18H19N3O3. The number of ketones is 1. The zero-order chi connectivity index (χ0) is 17.1. The number of nitrogen functional groups attached to an aromatic ring is 1. The Morgan fingerprint density at radius 2 is 2.08 bits per heavy atom. The van der Waals surface area contributed by atoms with Gasteiger partial charge in [-0.1, -0.05) is 12.1 Å². The molecule has 2 aromatic carbocycles. The van der Waals surface area contributed by atoms with Crippen LogP contribution in [0.4, 0.5) is 17.1 Å². The first-order valence-corrected chi connectivity index (χ1v) is 7.71. The molecule has 0 saturated carbocycles.